The third-order valence-electron chi connectivity index (χ3n) is 5.47. The van der Waals surface area contributed by atoms with E-state index in [1.54, 1.807) is 41.0 Å². The standard InChI is InChI=1S/C23H29N3O5S/c1-4-31-23(28)25-15-13-24(14-16-25)22(27)19-9-11-21(12-10-19)26(32(3,29)30)17-20-8-6-5-7-18(20)2/h5-12H,4,13-17H2,1-3H3. The second kappa shape index (κ2) is 10.0. The van der Waals surface area contributed by atoms with Gasteiger partial charge in [0, 0.05) is 31.7 Å². The number of carbonyl (C=O) groups is 2. The van der Waals surface area contributed by atoms with Crippen LogP contribution >= 0.6 is 0 Å². The number of aryl methyl sites for hydroxylation is 1. The summed E-state index contributed by atoms with van der Waals surface area (Å²) in [6, 6.07) is 14.2. The highest BCUT2D eigenvalue weighted by atomic mass is 32.2. The van der Waals surface area contributed by atoms with Crippen LogP contribution in [0.2, 0.25) is 0 Å². The summed E-state index contributed by atoms with van der Waals surface area (Å²) in [5.41, 5.74) is 2.90. The molecule has 2 amide bonds. The lowest BCUT2D eigenvalue weighted by molar-refractivity contribution is 0.0570. The van der Waals surface area contributed by atoms with Crippen molar-refractivity contribution in [3.05, 3.63) is 65.2 Å². The number of amides is 2. The first kappa shape index (κ1) is 23.6. The van der Waals surface area contributed by atoms with Crippen molar-refractivity contribution < 1.29 is 22.7 Å². The number of carbonyl (C=O) groups excluding carboxylic acids is 2. The molecule has 32 heavy (non-hydrogen) atoms. The van der Waals surface area contributed by atoms with Gasteiger partial charge in [0.05, 0.1) is 25.1 Å². The molecule has 9 heteroatoms. The molecule has 2 aromatic carbocycles. The van der Waals surface area contributed by atoms with Crippen LogP contribution in [0.15, 0.2) is 48.5 Å². The first-order chi connectivity index (χ1) is 15.2. The van der Waals surface area contributed by atoms with E-state index in [9.17, 15) is 18.0 Å². The van der Waals surface area contributed by atoms with E-state index in [2.05, 4.69) is 0 Å². The maximum absolute atomic E-state index is 12.9. The lowest BCUT2D eigenvalue weighted by Crippen LogP contribution is -2.50. The van der Waals surface area contributed by atoms with Crippen molar-refractivity contribution in [2.45, 2.75) is 20.4 Å². The normalized spacial score (nSPS) is 14.2. The second-order valence-electron chi connectivity index (χ2n) is 7.72. The molecule has 1 fully saturated rings. The zero-order chi connectivity index (χ0) is 23.3. The average Bonchev–Trinajstić information content (AvgIpc) is 2.78. The van der Waals surface area contributed by atoms with Gasteiger partial charge in [-0.2, -0.15) is 0 Å². The average molecular weight is 460 g/mol. The molecule has 1 saturated heterocycles. The predicted molar refractivity (Wildman–Crippen MR) is 123 cm³/mol. The molecule has 0 atom stereocenters. The van der Waals surface area contributed by atoms with Crippen molar-refractivity contribution in [2.75, 3.05) is 43.3 Å². The highest BCUT2D eigenvalue weighted by molar-refractivity contribution is 7.92. The van der Waals surface area contributed by atoms with E-state index >= 15 is 0 Å². The predicted octanol–water partition coefficient (Wildman–Crippen LogP) is 2.88. The number of nitrogens with zero attached hydrogens (tertiary/aromatic N) is 3. The van der Waals surface area contributed by atoms with Gasteiger partial charge in [0.2, 0.25) is 10.0 Å². The Morgan fingerprint density at radius 1 is 0.969 bits per heavy atom. The Hall–Kier alpha value is -3.07. The summed E-state index contributed by atoms with van der Waals surface area (Å²) >= 11 is 0. The van der Waals surface area contributed by atoms with Crippen LogP contribution in [-0.2, 0) is 21.3 Å². The molecule has 0 bridgehead atoms. The molecule has 0 aliphatic carbocycles. The molecule has 0 unspecified atom stereocenters. The minimum absolute atomic E-state index is 0.148. The Labute approximate surface area is 189 Å². The molecular formula is C23H29N3O5S. The fourth-order valence-corrected chi connectivity index (χ4v) is 4.48. The summed E-state index contributed by atoms with van der Waals surface area (Å²) < 4.78 is 31.2. The Morgan fingerprint density at radius 2 is 1.56 bits per heavy atom. The van der Waals surface area contributed by atoms with Crippen molar-refractivity contribution in [2.24, 2.45) is 0 Å². The van der Waals surface area contributed by atoms with Gasteiger partial charge in [0.1, 0.15) is 0 Å². The first-order valence-electron chi connectivity index (χ1n) is 10.5. The molecule has 0 aromatic heterocycles. The number of ether oxygens (including phenoxy) is 1. The Kier molecular flexibility index (Phi) is 7.40. The zero-order valence-corrected chi connectivity index (χ0v) is 19.5. The number of piperazine rings is 1. The number of hydrogen-bond donors (Lipinski definition) is 0. The van der Waals surface area contributed by atoms with Gasteiger partial charge in [0.15, 0.2) is 0 Å². The van der Waals surface area contributed by atoms with Gasteiger partial charge >= 0.3 is 6.09 Å². The second-order valence-corrected chi connectivity index (χ2v) is 9.63. The molecule has 0 saturated carbocycles. The fourth-order valence-electron chi connectivity index (χ4n) is 3.60. The van der Waals surface area contributed by atoms with Crippen molar-refractivity contribution in [3.63, 3.8) is 0 Å². The van der Waals surface area contributed by atoms with E-state index in [4.69, 9.17) is 4.74 Å². The van der Waals surface area contributed by atoms with Crippen molar-refractivity contribution in [1.29, 1.82) is 0 Å². The van der Waals surface area contributed by atoms with E-state index in [1.165, 1.54) is 10.6 Å². The molecule has 3 rings (SSSR count). The molecule has 0 radical (unpaired) electrons. The lowest BCUT2D eigenvalue weighted by Gasteiger charge is -2.34. The van der Waals surface area contributed by atoms with E-state index in [0.717, 1.165) is 11.1 Å². The van der Waals surface area contributed by atoms with Gasteiger partial charge in [-0.1, -0.05) is 24.3 Å². The molecule has 1 heterocycles. The number of benzene rings is 2. The number of anilines is 1. The lowest BCUT2D eigenvalue weighted by atomic mass is 10.1. The third-order valence-corrected chi connectivity index (χ3v) is 6.61. The van der Waals surface area contributed by atoms with E-state index in [0.29, 0.717) is 44.0 Å². The van der Waals surface area contributed by atoms with Crippen LogP contribution in [0.1, 0.15) is 28.4 Å². The summed E-state index contributed by atoms with van der Waals surface area (Å²) in [5.74, 6) is -0.148. The van der Waals surface area contributed by atoms with Crippen LogP contribution in [0, 0.1) is 6.92 Å². The Balaban J connectivity index is 1.71. The van der Waals surface area contributed by atoms with Crippen molar-refractivity contribution in [1.82, 2.24) is 9.80 Å². The number of hydrogen-bond acceptors (Lipinski definition) is 5. The van der Waals surface area contributed by atoms with Crippen LogP contribution in [-0.4, -0.2) is 69.3 Å². The molecule has 0 spiro atoms. The summed E-state index contributed by atoms with van der Waals surface area (Å²) in [7, 11) is -3.52. The highest BCUT2D eigenvalue weighted by Gasteiger charge is 2.26. The fraction of sp³-hybridized carbons (Fsp3) is 0.391. The summed E-state index contributed by atoms with van der Waals surface area (Å²) in [5, 5.41) is 0. The molecule has 1 aliphatic rings. The van der Waals surface area contributed by atoms with Crippen LogP contribution < -0.4 is 4.31 Å². The van der Waals surface area contributed by atoms with Crippen LogP contribution in [0.25, 0.3) is 0 Å². The smallest absolute Gasteiger partial charge is 0.409 e. The topological polar surface area (TPSA) is 87.2 Å². The van der Waals surface area contributed by atoms with E-state index in [1.807, 2.05) is 31.2 Å². The van der Waals surface area contributed by atoms with Gasteiger partial charge in [-0.3, -0.25) is 9.10 Å². The number of rotatable bonds is 6. The Morgan fingerprint density at radius 3 is 2.12 bits per heavy atom. The number of sulfonamides is 1. The molecule has 8 nitrogen and oxygen atoms in total. The van der Waals surface area contributed by atoms with Crippen LogP contribution in [0.4, 0.5) is 10.5 Å². The maximum Gasteiger partial charge on any atom is 0.409 e. The molecular weight excluding hydrogens is 430 g/mol. The maximum atomic E-state index is 12.9. The molecule has 1 aliphatic heterocycles. The quantitative estimate of drug-likeness (QED) is 0.663. The molecule has 0 N–H and O–H groups in total. The first-order valence-corrected chi connectivity index (χ1v) is 12.4. The monoisotopic (exact) mass is 459 g/mol. The van der Waals surface area contributed by atoms with Gasteiger partial charge in [-0.25, -0.2) is 13.2 Å². The Bertz CT molecular complexity index is 1060. The van der Waals surface area contributed by atoms with Crippen LogP contribution in [0.5, 0.6) is 0 Å². The molecule has 172 valence electrons. The molecule has 2 aromatic rings. The van der Waals surface area contributed by atoms with Gasteiger partial charge in [0.25, 0.3) is 5.91 Å². The largest absolute Gasteiger partial charge is 0.450 e. The highest BCUT2D eigenvalue weighted by Crippen LogP contribution is 2.23. The third kappa shape index (κ3) is 5.59. The van der Waals surface area contributed by atoms with E-state index in [-0.39, 0.29) is 18.5 Å². The summed E-state index contributed by atoms with van der Waals surface area (Å²) in [6.07, 6.45) is 0.811. The van der Waals surface area contributed by atoms with Crippen LogP contribution in [0.3, 0.4) is 0 Å². The summed E-state index contributed by atoms with van der Waals surface area (Å²) in [6.45, 7) is 5.91. The summed E-state index contributed by atoms with van der Waals surface area (Å²) in [4.78, 5) is 28.0. The van der Waals surface area contributed by atoms with Crippen molar-refractivity contribution in [3.8, 4) is 0 Å². The SMILES string of the molecule is CCOC(=O)N1CCN(C(=O)c2ccc(N(Cc3ccccc3C)S(C)(=O)=O)cc2)CC1. The zero-order valence-electron chi connectivity index (χ0n) is 18.7. The minimum atomic E-state index is -3.52. The van der Waals surface area contributed by atoms with Gasteiger partial charge in [-0.15, -0.1) is 0 Å². The van der Waals surface area contributed by atoms with Gasteiger partial charge < -0.3 is 14.5 Å². The minimum Gasteiger partial charge on any atom is -0.450 e. The van der Waals surface area contributed by atoms with Crippen molar-refractivity contribution >= 4 is 27.7 Å². The van der Waals surface area contributed by atoms with Gasteiger partial charge in [-0.05, 0) is 49.2 Å². The van der Waals surface area contributed by atoms with E-state index < -0.39 is 10.0 Å².